The van der Waals surface area contributed by atoms with Crippen molar-refractivity contribution in [3.63, 3.8) is 0 Å². The number of aromatic nitrogens is 1. The van der Waals surface area contributed by atoms with Gasteiger partial charge in [-0.05, 0) is 44.4 Å². The molecule has 2 aromatic rings. The minimum atomic E-state index is -3.24. The number of carbonyl (C=O) groups is 2. The van der Waals surface area contributed by atoms with E-state index in [0.29, 0.717) is 10.7 Å². The van der Waals surface area contributed by atoms with Gasteiger partial charge in [0, 0.05) is 16.4 Å². The van der Waals surface area contributed by atoms with E-state index in [1.807, 2.05) is 20.8 Å². The van der Waals surface area contributed by atoms with E-state index >= 15 is 0 Å². The third kappa shape index (κ3) is 4.30. The Balaban J connectivity index is 2.10. The molecule has 2 rings (SSSR count). The molecule has 0 saturated heterocycles. The average Bonchev–Trinajstić information content (AvgIpc) is 3.10. The van der Waals surface area contributed by atoms with E-state index in [-0.39, 0.29) is 11.1 Å². The lowest BCUT2D eigenvalue weighted by atomic mass is 9.93. The van der Waals surface area contributed by atoms with Crippen molar-refractivity contribution in [1.82, 2.24) is 16.0 Å². The first kappa shape index (κ1) is 21.7. The van der Waals surface area contributed by atoms with Crippen LogP contribution in [0.25, 0.3) is 0 Å². The molecule has 0 aliphatic rings. The van der Waals surface area contributed by atoms with E-state index in [1.54, 1.807) is 0 Å². The second kappa shape index (κ2) is 7.46. The summed E-state index contributed by atoms with van der Waals surface area (Å²) in [7, 11) is -3.24. The standard InChI is InChI=1S/C19H26FN3O4S/c1-18(2,3)15-11-14(23-27-15)16(24)21-22-17(25)19(4,5)28(6,26)13-9-7-12(20)8-10-13/h7-11,28H,1-6H3,(H,21,24)(H,22,25). The number of thiol groups is 1. The monoisotopic (exact) mass is 411 g/mol. The van der Waals surface area contributed by atoms with Crippen LogP contribution in [-0.4, -0.2) is 32.2 Å². The summed E-state index contributed by atoms with van der Waals surface area (Å²) in [5, 5.41) is 3.70. The second-order valence-corrected chi connectivity index (χ2v) is 11.7. The number of benzene rings is 1. The Morgan fingerprint density at radius 2 is 1.64 bits per heavy atom. The summed E-state index contributed by atoms with van der Waals surface area (Å²) < 4.78 is 30.2. The predicted molar refractivity (Wildman–Crippen MR) is 105 cm³/mol. The largest absolute Gasteiger partial charge is 0.360 e. The van der Waals surface area contributed by atoms with Gasteiger partial charge in [0.05, 0.1) is 0 Å². The van der Waals surface area contributed by atoms with Crippen LogP contribution in [0, 0.1) is 5.82 Å². The summed E-state index contributed by atoms with van der Waals surface area (Å²) in [6, 6.07) is 6.67. The van der Waals surface area contributed by atoms with Gasteiger partial charge >= 0.3 is 0 Å². The van der Waals surface area contributed by atoms with Crippen molar-refractivity contribution in [2.75, 3.05) is 6.26 Å². The predicted octanol–water partition coefficient (Wildman–Crippen LogP) is 2.36. The van der Waals surface area contributed by atoms with Crippen LogP contribution >= 0.6 is 0 Å². The molecule has 7 nitrogen and oxygen atoms in total. The highest BCUT2D eigenvalue weighted by molar-refractivity contribution is 8.04. The van der Waals surface area contributed by atoms with Gasteiger partial charge < -0.3 is 4.52 Å². The highest BCUT2D eigenvalue weighted by atomic mass is 32.2. The number of hydrogen-bond donors (Lipinski definition) is 3. The number of amides is 2. The smallest absolute Gasteiger partial charge is 0.291 e. The van der Waals surface area contributed by atoms with Gasteiger partial charge in [0.1, 0.15) is 16.3 Å². The van der Waals surface area contributed by atoms with Crippen molar-refractivity contribution < 1.29 is 22.7 Å². The van der Waals surface area contributed by atoms with Crippen LogP contribution in [0.1, 0.15) is 50.9 Å². The van der Waals surface area contributed by atoms with E-state index in [9.17, 15) is 18.2 Å². The molecule has 0 saturated carbocycles. The highest BCUT2D eigenvalue weighted by Crippen LogP contribution is 2.31. The first-order valence-corrected chi connectivity index (χ1v) is 10.8. The number of carbonyl (C=O) groups excluding carboxylic acids is 2. The average molecular weight is 411 g/mol. The minimum Gasteiger partial charge on any atom is -0.360 e. The number of hydrazine groups is 1. The fraction of sp³-hybridized carbons (Fsp3) is 0.421. The van der Waals surface area contributed by atoms with Gasteiger partial charge in [-0.2, -0.15) is 0 Å². The lowest BCUT2D eigenvalue weighted by molar-refractivity contribution is -0.123. The van der Waals surface area contributed by atoms with Crippen molar-refractivity contribution in [3.8, 4) is 0 Å². The third-order valence-corrected chi connectivity index (χ3v) is 8.33. The molecule has 9 heteroatoms. The zero-order valence-corrected chi connectivity index (χ0v) is 17.7. The molecular formula is C19H26FN3O4S. The van der Waals surface area contributed by atoms with Crippen molar-refractivity contribution in [2.24, 2.45) is 0 Å². The quantitative estimate of drug-likeness (QED) is 0.530. The molecule has 0 aliphatic heterocycles. The maximum atomic E-state index is 13.3. The first-order valence-electron chi connectivity index (χ1n) is 8.68. The van der Waals surface area contributed by atoms with E-state index in [4.69, 9.17) is 4.52 Å². The van der Waals surface area contributed by atoms with E-state index in [1.165, 1.54) is 50.4 Å². The highest BCUT2D eigenvalue weighted by Gasteiger charge is 2.40. The van der Waals surface area contributed by atoms with Crippen molar-refractivity contribution in [1.29, 1.82) is 0 Å². The van der Waals surface area contributed by atoms with Crippen LogP contribution in [0.4, 0.5) is 4.39 Å². The zero-order valence-electron chi connectivity index (χ0n) is 16.8. The van der Waals surface area contributed by atoms with Gasteiger partial charge in [-0.25, -0.2) is 4.39 Å². The maximum Gasteiger partial charge on any atom is 0.291 e. The number of nitrogens with one attached hydrogen (secondary N) is 2. The van der Waals surface area contributed by atoms with Crippen LogP contribution in [0.15, 0.2) is 39.8 Å². The number of rotatable bonds is 4. The molecule has 0 atom stereocenters. The molecule has 1 aromatic heterocycles. The van der Waals surface area contributed by atoms with Crippen molar-refractivity contribution in [2.45, 2.75) is 49.7 Å². The minimum absolute atomic E-state index is 0.0150. The molecule has 2 N–H and O–H groups in total. The summed E-state index contributed by atoms with van der Waals surface area (Å²) in [5.41, 5.74) is 4.25. The number of halogens is 1. The molecule has 28 heavy (non-hydrogen) atoms. The summed E-state index contributed by atoms with van der Waals surface area (Å²) in [5.74, 6) is -1.23. The van der Waals surface area contributed by atoms with Gasteiger partial charge in [0.2, 0.25) is 0 Å². The molecule has 0 unspecified atom stereocenters. The fourth-order valence-electron chi connectivity index (χ4n) is 2.31. The van der Waals surface area contributed by atoms with Crippen LogP contribution in [0.5, 0.6) is 0 Å². The van der Waals surface area contributed by atoms with Crippen molar-refractivity contribution >= 4 is 21.7 Å². The third-order valence-electron chi connectivity index (χ3n) is 4.71. The molecule has 0 radical (unpaired) electrons. The number of hydrogen-bond acceptors (Lipinski definition) is 5. The summed E-state index contributed by atoms with van der Waals surface area (Å²) in [6.07, 6.45) is 1.45. The van der Waals surface area contributed by atoms with E-state index < -0.39 is 32.3 Å². The van der Waals surface area contributed by atoms with Gasteiger partial charge in [-0.3, -0.25) is 24.6 Å². The zero-order chi connectivity index (χ0) is 21.3. The molecule has 0 fully saturated rings. The van der Waals surface area contributed by atoms with E-state index in [2.05, 4.69) is 16.0 Å². The summed E-state index contributed by atoms with van der Waals surface area (Å²) >= 11 is 0. The lowest BCUT2D eigenvalue weighted by Gasteiger charge is -2.35. The fourth-order valence-corrected chi connectivity index (χ4v) is 4.12. The number of nitrogens with zero attached hydrogens (tertiary/aromatic N) is 1. The van der Waals surface area contributed by atoms with Crippen molar-refractivity contribution in [3.05, 3.63) is 47.6 Å². The topological polar surface area (TPSA) is 101 Å². The van der Waals surface area contributed by atoms with E-state index in [0.717, 1.165) is 0 Å². The molecule has 0 bridgehead atoms. The molecule has 0 spiro atoms. The lowest BCUT2D eigenvalue weighted by Crippen LogP contribution is -2.55. The van der Waals surface area contributed by atoms with Gasteiger partial charge in [0.15, 0.2) is 5.69 Å². The van der Waals surface area contributed by atoms with Crippen LogP contribution in [-0.2, 0) is 20.1 Å². The Morgan fingerprint density at radius 3 is 2.14 bits per heavy atom. The molecule has 0 aliphatic carbocycles. The summed E-state index contributed by atoms with van der Waals surface area (Å²) in [6.45, 7) is 8.74. The molecular weight excluding hydrogens is 385 g/mol. The first-order chi connectivity index (χ1) is 12.8. The Bertz CT molecular complexity index is 929. The Morgan fingerprint density at radius 1 is 1.07 bits per heavy atom. The Kier molecular flexibility index (Phi) is 5.79. The molecule has 1 heterocycles. The van der Waals surface area contributed by atoms with Crippen LogP contribution in [0.3, 0.4) is 0 Å². The normalized spacial score (nSPS) is 13.1. The van der Waals surface area contributed by atoms with Crippen LogP contribution in [0.2, 0.25) is 0 Å². The molecule has 1 aromatic carbocycles. The molecule has 2 amide bonds. The maximum absolute atomic E-state index is 13.3. The second-order valence-electron chi connectivity index (χ2n) is 8.19. The van der Waals surface area contributed by atoms with Crippen LogP contribution < -0.4 is 10.9 Å². The summed E-state index contributed by atoms with van der Waals surface area (Å²) in [4.78, 5) is 25.2. The Hall–Kier alpha value is -2.55. The van der Waals surface area contributed by atoms with Gasteiger partial charge in [-0.1, -0.05) is 35.9 Å². The SMILES string of the molecule is CC(C)(C)c1cc(C(=O)NNC(=O)C(C)(C)[SH](C)(=O)c2ccc(F)cc2)no1. The Labute approximate surface area is 164 Å². The molecule has 154 valence electrons. The van der Waals surface area contributed by atoms with Gasteiger partial charge in [-0.15, -0.1) is 0 Å². The van der Waals surface area contributed by atoms with Gasteiger partial charge in [0.25, 0.3) is 11.8 Å².